The Labute approximate surface area is 137 Å². The number of thiazole rings is 1. The predicted molar refractivity (Wildman–Crippen MR) is 86.5 cm³/mol. The molecule has 1 saturated heterocycles. The molecule has 23 heavy (non-hydrogen) atoms. The fourth-order valence-corrected chi connectivity index (χ4v) is 4.14. The Morgan fingerprint density at radius 3 is 3.09 bits per heavy atom. The fraction of sp³-hybridized carbons (Fsp3) is 0.294. The van der Waals surface area contributed by atoms with E-state index in [-0.39, 0.29) is 17.8 Å². The van der Waals surface area contributed by atoms with Crippen molar-refractivity contribution in [3.8, 4) is 6.07 Å². The van der Waals surface area contributed by atoms with E-state index in [4.69, 9.17) is 0 Å². The van der Waals surface area contributed by atoms with Crippen molar-refractivity contribution in [2.75, 3.05) is 13.1 Å². The summed E-state index contributed by atoms with van der Waals surface area (Å²) in [4.78, 5) is 23.0. The first-order valence-electron chi connectivity index (χ1n) is 7.53. The lowest BCUT2D eigenvalue weighted by Crippen LogP contribution is -2.27. The summed E-state index contributed by atoms with van der Waals surface area (Å²) in [5.74, 6) is 0.255. The maximum absolute atomic E-state index is 12.3. The summed E-state index contributed by atoms with van der Waals surface area (Å²) in [6.07, 6.45) is 6.53. The zero-order valence-electron chi connectivity index (χ0n) is 12.4. The Balaban J connectivity index is 1.74. The van der Waals surface area contributed by atoms with Crippen LogP contribution in [0.2, 0.25) is 0 Å². The molecule has 5 nitrogen and oxygen atoms in total. The summed E-state index contributed by atoms with van der Waals surface area (Å²) >= 11 is 1.67. The normalized spacial score (nSPS) is 20.6. The fourth-order valence-electron chi connectivity index (χ4n) is 3.37. The Morgan fingerprint density at radius 1 is 1.39 bits per heavy atom. The second kappa shape index (κ2) is 5.60. The third-order valence-electron chi connectivity index (χ3n) is 4.44. The van der Waals surface area contributed by atoms with Gasteiger partial charge in [0, 0.05) is 55.0 Å². The number of carbonyl (C=O) groups is 1. The van der Waals surface area contributed by atoms with Crippen LogP contribution in [0.25, 0.3) is 5.70 Å². The van der Waals surface area contributed by atoms with Crippen molar-refractivity contribution in [1.29, 1.82) is 5.26 Å². The Bertz CT molecular complexity index is 835. The molecule has 0 N–H and O–H groups in total. The van der Waals surface area contributed by atoms with Gasteiger partial charge in [0.1, 0.15) is 11.6 Å². The zero-order valence-corrected chi connectivity index (χ0v) is 13.2. The molecule has 1 fully saturated rings. The second-order valence-corrected chi connectivity index (χ2v) is 6.70. The molecule has 1 unspecified atom stereocenters. The highest BCUT2D eigenvalue weighted by atomic mass is 32.1. The highest BCUT2D eigenvalue weighted by Crippen LogP contribution is 2.37. The number of nitrogens with zero attached hydrogens (tertiary/aromatic N) is 4. The van der Waals surface area contributed by atoms with Crippen LogP contribution in [0, 0.1) is 11.3 Å². The summed E-state index contributed by atoms with van der Waals surface area (Å²) in [6, 6.07) is 4.03. The van der Waals surface area contributed by atoms with E-state index in [9.17, 15) is 10.1 Å². The van der Waals surface area contributed by atoms with Gasteiger partial charge in [0.15, 0.2) is 5.78 Å². The molecule has 2 aromatic rings. The molecule has 0 aromatic carbocycles. The van der Waals surface area contributed by atoms with Crippen LogP contribution in [0.5, 0.6) is 0 Å². The summed E-state index contributed by atoms with van der Waals surface area (Å²) in [7, 11) is 0. The number of ketones is 1. The van der Waals surface area contributed by atoms with Crippen molar-refractivity contribution >= 4 is 22.8 Å². The highest BCUT2D eigenvalue weighted by Gasteiger charge is 2.34. The topological polar surface area (TPSA) is 69.9 Å². The van der Waals surface area contributed by atoms with Crippen molar-refractivity contribution in [3.05, 3.63) is 51.7 Å². The van der Waals surface area contributed by atoms with Crippen LogP contribution in [-0.4, -0.2) is 33.7 Å². The number of fused-ring (bicyclic) bond motifs is 1. The van der Waals surface area contributed by atoms with E-state index < -0.39 is 0 Å². The number of Topliss-reactive ketones (excluding diaryl/α,β-unsaturated/α-hetero) is 1. The largest absolute Gasteiger partial charge is 0.369 e. The van der Waals surface area contributed by atoms with Crippen LogP contribution in [0.15, 0.2) is 35.6 Å². The number of rotatable bonds is 2. The highest BCUT2D eigenvalue weighted by molar-refractivity contribution is 7.09. The van der Waals surface area contributed by atoms with Gasteiger partial charge in [-0.05, 0) is 18.1 Å². The van der Waals surface area contributed by atoms with Crippen molar-refractivity contribution in [2.24, 2.45) is 0 Å². The van der Waals surface area contributed by atoms with Gasteiger partial charge < -0.3 is 4.90 Å². The van der Waals surface area contributed by atoms with E-state index >= 15 is 0 Å². The number of hydrogen-bond donors (Lipinski definition) is 0. The molecule has 114 valence electrons. The summed E-state index contributed by atoms with van der Waals surface area (Å²) in [6.45, 7) is 1.63. The van der Waals surface area contributed by atoms with Crippen LogP contribution in [0.4, 0.5) is 0 Å². The molecular weight excluding hydrogens is 308 g/mol. The van der Waals surface area contributed by atoms with Gasteiger partial charge in [0.25, 0.3) is 0 Å². The van der Waals surface area contributed by atoms with Gasteiger partial charge >= 0.3 is 0 Å². The quantitative estimate of drug-likeness (QED) is 0.849. The number of likely N-dealkylation sites (tertiary alicyclic amines) is 1. The summed E-state index contributed by atoms with van der Waals surface area (Å²) in [5.41, 5.74) is 2.93. The molecule has 4 rings (SSSR count). The minimum atomic E-state index is -0.110. The van der Waals surface area contributed by atoms with Crippen molar-refractivity contribution in [2.45, 2.75) is 18.8 Å². The van der Waals surface area contributed by atoms with Crippen LogP contribution in [-0.2, 0) is 11.2 Å². The number of pyridine rings is 1. The standard InChI is InChI=1S/C17H14N4OS/c18-8-14-15(22)7-12-9-19-3-1-13(12)16(14)21-5-2-11(10-21)17-20-4-6-23-17/h1,3-4,6,9,11H,2,5,7,10H2. The average Bonchev–Trinajstić information content (AvgIpc) is 3.24. The maximum Gasteiger partial charge on any atom is 0.179 e. The maximum atomic E-state index is 12.3. The van der Waals surface area contributed by atoms with E-state index in [0.29, 0.717) is 5.92 Å². The molecule has 0 saturated carbocycles. The number of hydrogen-bond acceptors (Lipinski definition) is 6. The van der Waals surface area contributed by atoms with Gasteiger partial charge in [-0.2, -0.15) is 5.26 Å². The molecule has 3 heterocycles. The van der Waals surface area contributed by atoms with Gasteiger partial charge in [-0.15, -0.1) is 11.3 Å². The minimum absolute atomic E-state index is 0.110. The molecular formula is C17H14N4OS. The molecule has 0 radical (unpaired) electrons. The van der Waals surface area contributed by atoms with Gasteiger partial charge in [-0.1, -0.05) is 0 Å². The van der Waals surface area contributed by atoms with Crippen molar-refractivity contribution in [1.82, 2.24) is 14.9 Å². The lowest BCUT2D eigenvalue weighted by atomic mass is 9.89. The lowest BCUT2D eigenvalue weighted by Gasteiger charge is -2.27. The monoisotopic (exact) mass is 322 g/mol. The van der Waals surface area contributed by atoms with Crippen LogP contribution in [0.1, 0.15) is 28.5 Å². The minimum Gasteiger partial charge on any atom is -0.369 e. The third-order valence-corrected chi connectivity index (χ3v) is 5.38. The number of allylic oxidation sites excluding steroid dienone is 1. The van der Waals surface area contributed by atoms with Gasteiger partial charge in [-0.3, -0.25) is 9.78 Å². The third kappa shape index (κ3) is 2.34. The molecule has 2 aromatic heterocycles. The van der Waals surface area contributed by atoms with E-state index in [1.807, 2.05) is 17.6 Å². The van der Waals surface area contributed by atoms with E-state index in [2.05, 4.69) is 20.9 Å². The predicted octanol–water partition coefficient (Wildman–Crippen LogP) is 2.39. The van der Waals surface area contributed by atoms with E-state index in [0.717, 1.165) is 41.3 Å². The van der Waals surface area contributed by atoms with E-state index in [1.165, 1.54) is 0 Å². The molecule has 0 bridgehead atoms. The Hall–Kier alpha value is -2.52. The van der Waals surface area contributed by atoms with Crippen LogP contribution >= 0.6 is 11.3 Å². The van der Waals surface area contributed by atoms with Crippen molar-refractivity contribution in [3.63, 3.8) is 0 Å². The first kappa shape index (κ1) is 14.1. The Morgan fingerprint density at radius 2 is 2.30 bits per heavy atom. The van der Waals surface area contributed by atoms with Gasteiger partial charge in [0.2, 0.25) is 0 Å². The number of carbonyl (C=O) groups excluding carboxylic acids is 1. The SMILES string of the molecule is N#CC1=C(N2CCC(c3nccs3)C2)c2ccncc2CC1=O. The molecule has 1 atom stereocenters. The number of nitriles is 1. The van der Waals surface area contributed by atoms with Crippen LogP contribution in [0.3, 0.4) is 0 Å². The lowest BCUT2D eigenvalue weighted by molar-refractivity contribution is -0.114. The summed E-state index contributed by atoms with van der Waals surface area (Å²) in [5, 5.41) is 12.6. The molecule has 1 aliphatic heterocycles. The molecule has 1 aliphatic carbocycles. The first-order valence-corrected chi connectivity index (χ1v) is 8.41. The average molecular weight is 322 g/mol. The zero-order chi connectivity index (χ0) is 15.8. The first-order chi connectivity index (χ1) is 11.3. The van der Waals surface area contributed by atoms with Gasteiger partial charge in [-0.25, -0.2) is 4.98 Å². The van der Waals surface area contributed by atoms with E-state index in [1.54, 1.807) is 23.7 Å². The smallest absolute Gasteiger partial charge is 0.179 e. The molecule has 0 amide bonds. The molecule has 6 heteroatoms. The van der Waals surface area contributed by atoms with Crippen LogP contribution < -0.4 is 0 Å². The Kier molecular flexibility index (Phi) is 3.43. The second-order valence-electron chi connectivity index (χ2n) is 5.77. The summed E-state index contributed by atoms with van der Waals surface area (Å²) < 4.78 is 0. The number of aromatic nitrogens is 2. The molecule has 0 spiro atoms. The van der Waals surface area contributed by atoms with Gasteiger partial charge in [0.05, 0.1) is 10.7 Å². The molecule has 2 aliphatic rings. The van der Waals surface area contributed by atoms with Crippen molar-refractivity contribution < 1.29 is 4.79 Å².